The van der Waals surface area contributed by atoms with Crippen LogP contribution in [0, 0.1) is 0 Å². The maximum absolute atomic E-state index is 11.4. The first-order valence-corrected chi connectivity index (χ1v) is 9.09. The van der Waals surface area contributed by atoms with Gasteiger partial charge in [0.15, 0.2) is 0 Å². The lowest BCUT2D eigenvalue weighted by Gasteiger charge is -2.12. The molecular formula is C19H19Cl2NO4. The van der Waals surface area contributed by atoms with Crippen molar-refractivity contribution in [3.8, 4) is 11.3 Å². The van der Waals surface area contributed by atoms with Crippen LogP contribution in [-0.2, 0) is 45.2 Å². The third-order valence-electron chi connectivity index (χ3n) is 4.42. The summed E-state index contributed by atoms with van der Waals surface area (Å²) >= 11 is 12.3. The number of carbonyl (C=O) groups excluding carboxylic acids is 2. The zero-order valence-electron chi connectivity index (χ0n) is 14.6. The fourth-order valence-corrected chi connectivity index (χ4v) is 3.66. The summed E-state index contributed by atoms with van der Waals surface area (Å²) in [7, 11) is 0. The molecule has 1 aromatic heterocycles. The highest BCUT2D eigenvalue weighted by atomic mass is 35.5. The van der Waals surface area contributed by atoms with E-state index in [0.29, 0.717) is 10.0 Å². The van der Waals surface area contributed by atoms with Gasteiger partial charge in [-0.1, -0.05) is 29.3 Å². The van der Waals surface area contributed by atoms with Crippen molar-refractivity contribution < 1.29 is 19.1 Å². The molecule has 3 rings (SSSR count). The molecule has 1 aromatic carbocycles. The van der Waals surface area contributed by atoms with Gasteiger partial charge in [-0.3, -0.25) is 9.59 Å². The quantitative estimate of drug-likeness (QED) is 0.697. The van der Waals surface area contributed by atoms with Crippen molar-refractivity contribution in [3.05, 3.63) is 45.1 Å². The molecule has 2 heterocycles. The van der Waals surface area contributed by atoms with Crippen molar-refractivity contribution in [1.82, 2.24) is 4.57 Å². The van der Waals surface area contributed by atoms with Crippen molar-refractivity contribution in [2.24, 2.45) is 0 Å². The lowest BCUT2D eigenvalue weighted by molar-refractivity contribution is -0.143. The van der Waals surface area contributed by atoms with Gasteiger partial charge in [0, 0.05) is 42.8 Å². The van der Waals surface area contributed by atoms with Gasteiger partial charge in [-0.25, -0.2) is 0 Å². The number of fused-ring (bicyclic) bond motifs is 1. The Morgan fingerprint density at radius 1 is 1.04 bits per heavy atom. The second-order valence-corrected chi connectivity index (χ2v) is 7.01. The normalized spacial score (nSPS) is 12.8. The summed E-state index contributed by atoms with van der Waals surface area (Å²) in [5.74, 6) is -0.715. The van der Waals surface area contributed by atoms with Gasteiger partial charge in [0.25, 0.3) is 0 Å². The summed E-state index contributed by atoms with van der Waals surface area (Å²) in [4.78, 5) is 22.7. The molecule has 0 amide bonds. The summed E-state index contributed by atoms with van der Waals surface area (Å²) in [6.07, 6.45) is 1.88. The van der Waals surface area contributed by atoms with Crippen LogP contribution in [0.4, 0.5) is 0 Å². The number of aromatic nitrogens is 1. The molecule has 26 heavy (non-hydrogen) atoms. The van der Waals surface area contributed by atoms with Crippen molar-refractivity contribution in [3.63, 3.8) is 0 Å². The first kappa shape index (κ1) is 18.8. The molecule has 5 nitrogen and oxygen atoms in total. The van der Waals surface area contributed by atoms with Gasteiger partial charge in [-0.2, -0.15) is 0 Å². The van der Waals surface area contributed by atoms with Crippen LogP contribution in [0.3, 0.4) is 0 Å². The van der Waals surface area contributed by atoms with Gasteiger partial charge in [0.2, 0.25) is 0 Å². The number of ether oxygens (including phenoxy) is 2. The highest BCUT2D eigenvalue weighted by molar-refractivity contribution is 6.42. The average molecular weight is 396 g/mol. The standard InChI is InChI=1S/C19H19Cl2NO4/c1-11(23)25-9-14-15(10-26-12(2)24)19(22-7-3-4-18(14)22)13-5-6-16(20)17(21)8-13/h5-6,8H,3-4,7,9-10H2,1-2H3. The molecule has 0 N–H and O–H groups in total. The molecule has 7 heteroatoms. The van der Waals surface area contributed by atoms with Gasteiger partial charge in [0.05, 0.1) is 15.7 Å². The molecule has 0 fully saturated rings. The molecule has 138 valence electrons. The number of halogens is 2. The van der Waals surface area contributed by atoms with E-state index in [1.165, 1.54) is 13.8 Å². The Bertz CT molecular complexity index is 873. The Hall–Kier alpha value is -1.98. The minimum absolute atomic E-state index is 0.113. The summed E-state index contributed by atoms with van der Waals surface area (Å²) in [6.45, 7) is 3.86. The zero-order valence-corrected chi connectivity index (χ0v) is 16.1. The first-order chi connectivity index (χ1) is 12.4. The first-order valence-electron chi connectivity index (χ1n) is 8.33. The van der Waals surface area contributed by atoms with E-state index >= 15 is 0 Å². The van der Waals surface area contributed by atoms with E-state index in [0.717, 1.165) is 47.5 Å². The topological polar surface area (TPSA) is 57.5 Å². The van der Waals surface area contributed by atoms with Crippen LogP contribution in [0.5, 0.6) is 0 Å². The monoisotopic (exact) mass is 395 g/mol. The number of rotatable bonds is 5. The van der Waals surface area contributed by atoms with Gasteiger partial charge in [-0.15, -0.1) is 0 Å². The van der Waals surface area contributed by atoms with Gasteiger partial charge < -0.3 is 14.0 Å². The second kappa shape index (κ2) is 7.72. The molecule has 0 spiro atoms. The second-order valence-electron chi connectivity index (χ2n) is 6.20. The van der Waals surface area contributed by atoms with E-state index < -0.39 is 0 Å². The largest absolute Gasteiger partial charge is 0.461 e. The van der Waals surface area contributed by atoms with E-state index in [1.807, 2.05) is 6.07 Å². The van der Waals surface area contributed by atoms with Crippen LogP contribution >= 0.6 is 23.2 Å². The van der Waals surface area contributed by atoms with Crippen LogP contribution < -0.4 is 0 Å². The Balaban J connectivity index is 2.14. The van der Waals surface area contributed by atoms with E-state index in [9.17, 15) is 9.59 Å². The maximum atomic E-state index is 11.4. The summed E-state index contributed by atoms with van der Waals surface area (Å²) in [6, 6.07) is 5.44. The highest BCUT2D eigenvalue weighted by Crippen LogP contribution is 2.38. The molecule has 1 aliphatic rings. The number of carbonyl (C=O) groups is 2. The van der Waals surface area contributed by atoms with E-state index in [1.54, 1.807) is 12.1 Å². The lowest BCUT2D eigenvalue weighted by atomic mass is 10.0. The van der Waals surface area contributed by atoms with Gasteiger partial charge >= 0.3 is 11.9 Å². The Morgan fingerprint density at radius 3 is 2.31 bits per heavy atom. The number of nitrogens with zero attached hydrogens (tertiary/aromatic N) is 1. The lowest BCUT2D eigenvalue weighted by Crippen LogP contribution is -2.06. The maximum Gasteiger partial charge on any atom is 0.302 e. The molecule has 1 aliphatic heterocycles. The predicted molar refractivity (Wildman–Crippen MR) is 99.1 cm³/mol. The molecule has 2 aromatic rings. The van der Waals surface area contributed by atoms with E-state index in [2.05, 4.69) is 4.57 Å². The minimum atomic E-state index is -0.366. The number of hydrogen-bond acceptors (Lipinski definition) is 4. The third-order valence-corrected chi connectivity index (χ3v) is 5.16. The zero-order chi connectivity index (χ0) is 18.8. The van der Waals surface area contributed by atoms with Crippen molar-refractivity contribution in [1.29, 1.82) is 0 Å². The summed E-state index contributed by atoms with van der Waals surface area (Å²) < 4.78 is 12.7. The Morgan fingerprint density at radius 2 is 1.69 bits per heavy atom. The molecule has 0 atom stereocenters. The number of hydrogen-bond donors (Lipinski definition) is 0. The van der Waals surface area contributed by atoms with Crippen molar-refractivity contribution in [2.45, 2.75) is 46.4 Å². The van der Waals surface area contributed by atoms with E-state index in [4.69, 9.17) is 32.7 Å². The fourth-order valence-electron chi connectivity index (χ4n) is 3.36. The van der Waals surface area contributed by atoms with Crippen LogP contribution in [0.15, 0.2) is 18.2 Å². The van der Waals surface area contributed by atoms with Crippen LogP contribution in [0.2, 0.25) is 10.0 Å². The molecular weight excluding hydrogens is 377 g/mol. The van der Waals surface area contributed by atoms with Crippen molar-refractivity contribution in [2.75, 3.05) is 0 Å². The summed E-state index contributed by atoms with van der Waals surface area (Å²) in [5, 5.41) is 0.933. The summed E-state index contributed by atoms with van der Waals surface area (Å²) in [5.41, 5.74) is 4.67. The van der Waals surface area contributed by atoms with Crippen LogP contribution in [0.25, 0.3) is 11.3 Å². The Labute approximate surface area is 161 Å². The third kappa shape index (κ3) is 3.74. The van der Waals surface area contributed by atoms with Crippen molar-refractivity contribution >= 4 is 35.1 Å². The SMILES string of the molecule is CC(=O)OCc1c(COC(C)=O)c(-c2ccc(Cl)c(Cl)c2)n2c1CCC2. The molecule has 0 saturated carbocycles. The van der Waals surface area contributed by atoms with E-state index in [-0.39, 0.29) is 25.2 Å². The molecule has 0 saturated heterocycles. The molecule has 0 radical (unpaired) electrons. The minimum Gasteiger partial charge on any atom is -0.461 e. The molecule has 0 unspecified atom stereocenters. The fraction of sp³-hybridized carbons (Fsp3) is 0.368. The van der Waals surface area contributed by atoms with Crippen LogP contribution in [0.1, 0.15) is 37.1 Å². The smallest absolute Gasteiger partial charge is 0.302 e. The number of esters is 2. The van der Waals surface area contributed by atoms with Gasteiger partial charge in [-0.05, 0) is 25.0 Å². The van der Waals surface area contributed by atoms with Crippen LogP contribution in [-0.4, -0.2) is 16.5 Å². The molecule has 0 aliphatic carbocycles. The predicted octanol–water partition coefficient (Wildman–Crippen LogP) is 4.53. The average Bonchev–Trinajstić information content (AvgIpc) is 3.14. The van der Waals surface area contributed by atoms with Gasteiger partial charge in [0.1, 0.15) is 13.2 Å². The Kier molecular flexibility index (Phi) is 5.58. The highest BCUT2D eigenvalue weighted by Gasteiger charge is 2.27. The molecule has 0 bridgehead atoms. The number of benzene rings is 1.